The molecule has 0 amide bonds. The van der Waals surface area contributed by atoms with Crippen molar-refractivity contribution in [2.24, 2.45) is 0 Å². The third-order valence-electron chi connectivity index (χ3n) is 1.29. The Balaban J connectivity index is 2.99. The summed E-state index contributed by atoms with van der Waals surface area (Å²) < 4.78 is 39.1. The molecule has 0 heterocycles. The van der Waals surface area contributed by atoms with E-state index in [0.717, 1.165) is 17.9 Å². The number of thioether (sulfide) groups is 1. The van der Waals surface area contributed by atoms with Crippen LogP contribution in [0.4, 0.5) is 13.2 Å². The van der Waals surface area contributed by atoms with Crippen LogP contribution in [0.5, 0.6) is 0 Å². The van der Waals surface area contributed by atoms with Crippen molar-refractivity contribution >= 4 is 11.8 Å². The minimum absolute atomic E-state index is 0.144. The third-order valence-corrected chi connectivity index (χ3v) is 2.44. The summed E-state index contributed by atoms with van der Waals surface area (Å²) in [7, 11) is 0. The molecule has 0 spiro atoms. The summed E-state index contributed by atoms with van der Waals surface area (Å²) in [6.07, 6.45) is -2.87. The SMILES string of the molecule is OCCCSCCCOCC(F)(F)F. The van der Waals surface area contributed by atoms with E-state index in [1.54, 1.807) is 11.8 Å². The van der Waals surface area contributed by atoms with E-state index in [1.807, 2.05) is 0 Å². The predicted octanol–water partition coefficient (Wildman–Crippen LogP) is 2.07. The van der Waals surface area contributed by atoms with E-state index >= 15 is 0 Å². The molecule has 2 nitrogen and oxygen atoms in total. The van der Waals surface area contributed by atoms with E-state index in [2.05, 4.69) is 4.74 Å². The molecule has 0 aliphatic rings. The smallest absolute Gasteiger partial charge is 0.396 e. The van der Waals surface area contributed by atoms with E-state index < -0.39 is 12.8 Å². The first-order valence-corrected chi connectivity index (χ1v) is 5.55. The van der Waals surface area contributed by atoms with E-state index in [4.69, 9.17) is 5.11 Å². The molecule has 0 radical (unpaired) electrons. The van der Waals surface area contributed by atoms with Gasteiger partial charge < -0.3 is 9.84 Å². The molecule has 0 aliphatic carbocycles. The van der Waals surface area contributed by atoms with Gasteiger partial charge in [-0.1, -0.05) is 0 Å². The fraction of sp³-hybridized carbons (Fsp3) is 1.00. The monoisotopic (exact) mass is 232 g/mol. The zero-order valence-corrected chi connectivity index (χ0v) is 8.66. The summed E-state index contributed by atoms with van der Waals surface area (Å²) in [6.45, 7) is -0.850. The van der Waals surface area contributed by atoms with Crippen LogP contribution < -0.4 is 0 Å². The summed E-state index contributed by atoms with van der Waals surface area (Å²) >= 11 is 1.61. The van der Waals surface area contributed by atoms with Crippen LogP contribution in [0.15, 0.2) is 0 Å². The topological polar surface area (TPSA) is 29.5 Å². The largest absolute Gasteiger partial charge is 0.411 e. The molecule has 0 aromatic heterocycles. The fourth-order valence-electron chi connectivity index (χ4n) is 0.720. The van der Waals surface area contributed by atoms with E-state index in [9.17, 15) is 13.2 Å². The second-order valence-electron chi connectivity index (χ2n) is 2.71. The number of alkyl halides is 3. The first kappa shape index (κ1) is 14.1. The number of hydrogen-bond acceptors (Lipinski definition) is 3. The van der Waals surface area contributed by atoms with Crippen LogP contribution in [0.25, 0.3) is 0 Å². The van der Waals surface area contributed by atoms with Crippen LogP contribution in [0, 0.1) is 0 Å². The molecule has 0 fully saturated rings. The molecular formula is C8H15F3O2S. The lowest BCUT2D eigenvalue weighted by Gasteiger charge is -2.06. The lowest BCUT2D eigenvalue weighted by molar-refractivity contribution is -0.173. The molecular weight excluding hydrogens is 217 g/mol. The van der Waals surface area contributed by atoms with Crippen molar-refractivity contribution in [3.05, 3.63) is 0 Å². The average molecular weight is 232 g/mol. The van der Waals surface area contributed by atoms with E-state index in [1.165, 1.54) is 0 Å². The molecule has 0 aromatic carbocycles. The van der Waals surface area contributed by atoms with Crippen LogP contribution in [0.1, 0.15) is 12.8 Å². The number of hydrogen-bond donors (Lipinski definition) is 1. The second kappa shape index (κ2) is 8.38. The molecule has 0 aliphatic heterocycles. The van der Waals surface area contributed by atoms with Crippen molar-refractivity contribution in [1.29, 1.82) is 0 Å². The first-order chi connectivity index (χ1) is 6.56. The number of aliphatic hydroxyl groups is 1. The Morgan fingerprint density at radius 1 is 1.14 bits per heavy atom. The molecule has 14 heavy (non-hydrogen) atoms. The summed E-state index contributed by atoms with van der Waals surface area (Å²) in [5, 5.41) is 8.43. The fourth-order valence-corrected chi connectivity index (χ4v) is 1.58. The van der Waals surface area contributed by atoms with Crippen molar-refractivity contribution in [3.8, 4) is 0 Å². The highest BCUT2D eigenvalue weighted by Crippen LogP contribution is 2.14. The summed E-state index contributed by atoms with van der Waals surface area (Å²) in [6, 6.07) is 0. The summed E-state index contributed by atoms with van der Waals surface area (Å²) in [5.41, 5.74) is 0. The van der Waals surface area contributed by atoms with Crippen LogP contribution in [0.2, 0.25) is 0 Å². The number of rotatable bonds is 8. The second-order valence-corrected chi connectivity index (χ2v) is 3.94. The van der Waals surface area contributed by atoms with Gasteiger partial charge in [0, 0.05) is 13.2 Å². The quantitative estimate of drug-likeness (QED) is 0.650. The van der Waals surface area contributed by atoms with Crippen molar-refractivity contribution in [2.45, 2.75) is 19.0 Å². The average Bonchev–Trinajstić information content (AvgIpc) is 2.08. The molecule has 0 saturated heterocycles. The molecule has 1 N–H and O–H groups in total. The molecule has 86 valence electrons. The zero-order chi connectivity index (χ0) is 10.9. The molecule has 0 bridgehead atoms. The maximum Gasteiger partial charge on any atom is 0.411 e. The molecule has 0 unspecified atom stereocenters. The van der Waals surface area contributed by atoms with Crippen LogP contribution in [-0.2, 0) is 4.74 Å². The molecule has 0 saturated carbocycles. The van der Waals surface area contributed by atoms with Gasteiger partial charge >= 0.3 is 6.18 Å². The predicted molar refractivity (Wildman–Crippen MR) is 50.5 cm³/mol. The highest BCUT2D eigenvalue weighted by atomic mass is 32.2. The summed E-state index contributed by atoms with van der Waals surface area (Å²) in [4.78, 5) is 0. The molecule has 0 aromatic rings. The van der Waals surface area contributed by atoms with E-state index in [0.29, 0.717) is 6.42 Å². The highest BCUT2D eigenvalue weighted by molar-refractivity contribution is 7.99. The van der Waals surface area contributed by atoms with Crippen molar-refractivity contribution in [2.75, 3.05) is 31.3 Å². The lowest BCUT2D eigenvalue weighted by Crippen LogP contribution is -2.17. The van der Waals surface area contributed by atoms with Gasteiger partial charge in [0.2, 0.25) is 0 Å². The Hall–Kier alpha value is 0.0600. The Kier molecular flexibility index (Phi) is 8.41. The minimum atomic E-state index is -4.22. The Morgan fingerprint density at radius 3 is 2.36 bits per heavy atom. The zero-order valence-electron chi connectivity index (χ0n) is 7.85. The van der Waals surface area contributed by atoms with Crippen molar-refractivity contribution in [3.63, 3.8) is 0 Å². The van der Waals surface area contributed by atoms with Crippen LogP contribution in [-0.4, -0.2) is 42.6 Å². The lowest BCUT2D eigenvalue weighted by atomic mass is 10.5. The Labute approximate surface area is 85.8 Å². The van der Waals surface area contributed by atoms with Gasteiger partial charge in [-0.3, -0.25) is 0 Å². The van der Waals surface area contributed by atoms with Gasteiger partial charge in [0.25, 0.3) is 0 Å². The Morgan fingerprint density at radius 2 is 1.79 bits per heavy atom. The van der Waals surface area contributed by atoms with Gasteiger partial charge in [-0.25, -0.2) is 0 Å². The van der Waals surface area contributed by atoms with Gasteiger partial charge in [0.1, 0.15) is 6.61 Å². The first-order valence-electron chi connectivity index (χ1n) is 4.39. The molecule has 0 atom stereocenters. The summed E-state index contributed by atoms with van der Waals surface area (Å²) in [5.74, 6) is 1.62. The van der Waals surface area contributed by atoms with E-state index in [-0.39, 0.29) is 13.2 Å². The maximum absolute atomic E-state index is 11.6. The van der Waals surface area contributed by atoms with Crippen molar-refractivity contribution in [1.82, 2.24) is 0 Å². The maximum atomic E-state index is 11.6. The normalized spacial score (nSPS) is 12.0. The molecule has 6 heteroatoms. The van der Waals surface area contributed by atoms with Gasteiger partial charge in [-0.05, 0) is 24.3 Å². The Bertz CT molecular complexity index is 130. The van der Waals surface area contributed by atoms with Gasteiger partial charge in [-0.2, -0.15) is 24.9 Å². The number of ether oxygens (including phenoxy) is 1. The van der Waals surface area contributed by atoms with Gasteiger partial charge in [0.05, 0.1) is 0 Å². The third kappa shape index (κ3) is 12.1. The highest BCUT2D eigenvalue weighted by Gasteiger charge is 2.26. The standard InChI is InChI=1S/C8H15F3O2S/c9-8(10,11)7-13-4-2-6-14-5-1-3-12/h12H,1-7H2. The van der Waals surface area contributed by atoms with Crippen molar-refractivity contribution < 1.29 is 23.0 Å². The molecule has 0 rings (SSSR count). The minimum Gasteiger partial charge on any atom is -0.396 e. The van der Waals surface area contributed by atoms with Crippen LogP contribution in [0.3, 0.4) is 0 Å². The van der Waals surface area contributed by atoms with Gasteiger partial charge in [-0.15, -0.1) is 0 Å². The number of halogens is 3. The van der Waals surface area contributed by atoms with Gasteiger partial charge in [0.15, 0.2) is 0 Å². The van der Waals surface area contributed by atoms with Crippen LogP contribution >= 0.6 is 11.8 Å². The number of aliphatic hydroxyl groups excluding tert-OH is 1.